The molecular weight excluding hydrogens is 580 g/mol. The van der Waals surface area contributed by atoms with E-state index in [1.54, 1.807) is 40.2 Å². The van der Waals surface area contributed by atoms with Crippen LogP contribution in [-0.4, -0.2) is 71.0 Å². The number of hydrogen-bond donors (Lipinski definition) is 0. The van der Waals surface area contributed by atoms with E-state index >= 15 is 8.78 Å². The minimum Gasteiger partial charge on any atom is -0.350 e. The zero-order chi connectivity index (χ0) is 31.6. The highest BCUT2D eigenvalue weighted by molar-refractivity contribution is 5.92. The zero-order valence-electron chi connectivity index (χ0n) is 24.9. The standard InChI is InChI=1S/C32H29F2N9O2/c1-5-25(44)40-11-12-41(18(4)16-40)30-21-14-23(34)28-26-19(7-6-8-22(26)33)13-20-15-36-39-43(20)24-9-10-35-27(17(2)3)29(24)42(31(21)37-28)32(45)38-30/h5-10,14-15,17-18H,1,11-13,16H2,2-4H3/t18-/m0/s1. The van der Waals surface area contributed by atoms with Crippen molar-refractivity contribution in [3.63, 3.8) is 0 Å². The van der Waals surface area contributed by atoms with E-state index in [-0.39, 0.29) is 52.4 Å². The van der Waals surface area contributed by atoms with Crippen LogP contribution in [-0.2, 0) is 11.2 Å². The highest BCUT2D eigenvalue weighted by Gasteiger charge is 2.32. The lowest BCUT2D eigenvalue weighted by molar-refractivity contribution is -0.126. The molecule has 228 valence electrons. The van der Waals surface area contributed by atoms with Crippen LogP contribution in [0.3, 0.4) is 0 Å². The van der Waals surface area contributed by atoms with Crippen molar-refractivity contribution >= 4 is 22.8 Å². The van der Waals surface area contributed by atoms with Gasteiger partial charge < -0.3 is 9.80 Å². The maximum Gasteiger partial charge on any atom is 0.355 e. The Hall–Kier alpha value is -5.33. The Labute approximate surface area is 256 Å². The molecule has 1 saturated heterocycles. The van der Waals surface area contributed by atoms with Crippen molar-refractivity contribution in [2.45, 2.75) is 39.2 Å². The molecule has 0 radical (unpaired) electrons. The lowest BCUT2D eigenvalue weighted by atomic mass is 9.98. The van der Waals surface area contributed by atoms with Crippen molar-refractivity contribution in [2.75, 3.05) is 24.5 Å². The number of amides is 1. The molecule has 45 heavy (non-hydrogen) atoms. The summed E-state index contributed by atoms with van der Waals surface area (Å²) < 4.78 is 34.8. The van der Waals surface area contributed by atoms with Crippen molar-refractivity contribution in [3.05, 3.63) is 94.5 Å². The van der Waals surface area contributed by atoms with Gasteiger partial charge in [0.2, 0.25) is 5.91 Å². The first-order valence-corrected chi connectivity index (χ1v) is 14.7. The van der Waals surface area contributed by atoms with Gasteiger partial charge in [-0.2, -0.15) is 4.98 Å². The molecule has 7 rings (SSSR count). The smallest absolute Gasteiger partial charge is 0.350 e. The molecule has 0 N–H and O–H groups in total. The van der Waals surface area contributed by atoms with Gasteiger partial charge in [-0.25, -0.2) is 27.8 Å². The van der Waals surface area contributed by atoms with Crippen LogP contribution in [0.5, 0.6) is 0 Å². The SMILES string of the molecule is C=CC(=O)N1CCN(c2nc(=O)n3c4nc(c(F)cc24)-c2c(F)cccc2Cc2cnnn2-c2ccnc(C(C)C)c2-3)[C@@H](C)C1. The molecule has 4 aromatic heterocycles. The lowest BCUT2D eigenvalue weighted by Gasteiger charge is -2.40. The molecule has 0 aliphatic carbocycles. The maximum absolute atomic E-state index is 16.3. The number of carbonyl (C=O) groups is 1. The molecule has 13 heteroatoms. The summed E-state index contributed by atoms with van der Waals surface area (Å²) in [6, 6.07) is 7.25. The molecule has 5 aromatic rings. The second-order valence-corrected chi connectivity index (χ2v) is 11.6. The topological polar surface area (TPSA) is 115 Å². The summed E-state index contributed by atoms with van der Waals surface area (Å²) in [6.07, 6.45) is 4.62. The molecule has 1 atom stereocenters. The van der Waals surface area contributed by atoms with Crippen LogP contribution in [0.15, 0.2) is 60.2 Å². The first-order valence-electron chi connectivity index (χ1n) is 14.7. The Kier molecular flexibility index (Phi) is 6.75. The minimum atomic E-state index is -0.767. The largest absolute Gasteiger partial charge is 0.355 e. The van der Waals surface area contributed by atoms with E-state index in [0.29, 0.717) is 48.0 Å². The molecule has 1 aromatic carbocycles. The van der Waals surface area contributed by atoms with Gasteiger partial charge in [-0.15, -0.1) is 5.10 Å². The number of carbonyl (C=O) groups excluding carboxylic acids is 1. The molecule has 0 saturated carbocycles. The zero-order valence-corrected chi connectivity index (χ0v) is 24.9. The number of hydrogen-bond acceptors (Lipinski definition) is 8. The molecule has 6 heterocycles. The first kappa shape index (κ1) is 28.4. The second-order valence-electron chi connectivity index (χ2n) is 11.6. The van der Waals surface area contributed by atoms with Crippen LogP contribution >= 0.6 is 0 Å². The predicted molar refractivity (Wildman–Crippen MR) is 164 cm³/mol. The van der Waals surface area contributed by atoms with E-state index in [2.05, 4.69) is 26.9 Å². The number of anilines is 1. The van der Waals surface area contributed by atoms with Crippen LogP contribution in [0.2, 0.25) is 0 Å². The third-order valence-electron chi connectivity index (χ3n) is 8.45. The number of pyridine rings is 2. The molecule has 0 spiro atoms. The second kappa shape index (κ2) is 10.7. The average Bonchev–Trinajstić information content (AvgIpc) is 3.47. The van der Waals surface area contributed by atoms with Crippen molar-refractivity contribution in [3.8, 4) is 22.6 Å². The third kappa shape index (κ3) is 4.49. The van der Waals surface area contributed by atoms with Crippen molar-refractivity contribution in [2.24, 2.45) is 0 Å². The van der Waals surface area contributed by atoms with Gasteiger partial charge in [0.15, 0.2) is 5.65 Å². The summed E-state index contributed by atoms with van der Waals surface area (Å²) in [6.45, 7) is 10.4. The fraction of sp³-hybridized carbons (Fsp3) is 0.281. The molecule has 11 nitrogen and oxygen atoms in total. The van der Waals surface area contributed by atoms with Crippen LogP contribution in [0.4, 0.5) is 14.6 Å². The van der Waals surface area contributed by atoms with Crippen molar-refractivity contribution in [1.29, 1.82) is 0 Å². The average molecular weight is 610 g/mol. The summed E-state index contributed by atoms with van der Waals surface area (Å²) in [7, 11) is 0. The molecule has 0 unspecified atom stereocenters. The van der Waals surface area contributed by atoms with Gasteiger partial charge in [0.1, 0.15) is 23.1 Å². The highest BCUT2D eigenvalue weighted by Crippen LogP contribution is 2.37. The van der Waals surface area contributed by atoms with E-state index in [1.807, 2.05) is 25.7 Å². The summed E-state index contributed by atoms with van der Waals surface area (Å²) in [5, 5.41) is 8.73. The van der Waals surface area contributed by atoms with Crippen LogP contribution in [0.1, 0.15) is 43.6 Å². The monoisotopic (exact) mass is 609 g/mol. The summed E-state index contributed by atoms with van der Waals surface area (Å²) >= 11 is 0. The van der Waals surface area contributed by atoms with Gasteiger partial charge >= 0.3 is 5.69 Å². The summed E-state index contributed by atoms with van der Waals surface area (Å²) in [5.41, 5.74) is 1.67. The van der Waals surface area contributed by atoms with Gasteiger partial charge in [0.25, 0.3) is 0 Å². The fourth-order valence-corrected chi connectivity index (χ4v) is 6.34. The van der Waals surface area contributed by atoms with Crippen LogP contribution in [0.25, 0.3) is 33.7 Å². The number of piperazine rings is 1. The Morgan fingerprint density at radius 1 is 1.13 bits per heavy atom. The van der Waals surface area contributed by atoms with Crippen molar-refractivity contribution in [1.82, 2.24) is 39.4 Å². The Balaban J connectivity index is 1.60. The molecule has 2 aliphatic rings. The number of rotatable bonds is 3. The summed E-state index contributed by atoms with van der Waals surface area (Å²) in [5.74, 6) is -1.54. The van der Waals surface area contributed by atoms with Crippen molar-refractivity contribution < 1.29 is 13.6 Å². The Morgan fingerprint density at radius 2 is 1.96 bits per heavy atom. The Bertz CT molecular complexity index is 2090. The van der Waals surface area contributed by atoms with Gasteiger partial charge in [0, 0.05) is 43.9 Å². The molecule has 2 bridgehead atoms. The maximum atomic E-state index is 16.3. The minimum absolute atomic E-state index is 0.0138. The summed E-state index contributed by atoms with van der Waals surface area (Å²) in [4.78, 5) is 44.0. The molecule has 1 amide bonds. The van der Waals surface area contributed by atoms with Gasteiger partial charge in [-0.05, 0) is 42.7 Å². The normalized spacial score (nSPS) is 15.9. The van der Waals surface area contributed by atoms with E-state index in [9.17, 15) is 9.59 Å². The molecule has 2 aliphatic heterocycles. The number of aromatic nitrogens is 7. The Morgan fingerprint density at radius 3 is 2.71 bits per heavy atom. The number of nitrogens with zero attached hydrogens (tertiary/aromatic N) is 9. The third-order valence-corrected chi connectivity index (χ3v) is 8.45. The first-order chi connectivity index (χ1) is 21.7. The van der Waals surface area contributed by atoms with Crippen LogP contribution in [0, 0.1) is 11.6 Å². The number of benzene rings is 1. The lowest BCUT2D eigenvalue weighted by Crippen LogP contribution is -2.54. The molecule has 1 fully saturated rings. The quantitative estimate of drug-likeness (QED) is 0.277. The predicted octanol–water partition coefficient (Wildman–Crippen LogP) is 3.95. The van der Waals surface area contributed by atoms with Crippen LogP contribution < -0.4 is 10.6 Å². The van der Waals surface area contributed by atoms with E-state index in [1.165, 1.54) is 22.8 Å². The van der Waals surface area contributed by atoms with E-state index in [4.69, 9.17) is 4.98 Å². The van der Waals surface area contributed by atoms with Gasteiger partial charge in [0.05, 0.1) is 34.3 Å². The van der Waals surface area contributed by atoms with E-state index < -0.39 is 17.3 Å². The fourth-order valence-electron chi connectivity index (χ4n) is 6.34. The van der Waals surface area contributed by atoms with Gasteiger partial charge in [-0.3, -0.25) is 9.78 Å². The molecular formula is C32H29F2N9O2. The van der Waals surface area contributed by atoms with E-state index in [0.717, 1.165) is 0 Å². The van der Waals surface area contributed by atoms with Gasteiger partial charge in [-0.1, -0.05) is 37.8 Å². The number of fused-ring (bicyclic) bond motifs is 7. The number of halogens is 2. The highest BCUT2D eigenvalue weighted by atomic mass is 19.1.